The highest BCUT2D eigenvalue weighted by atomic mass is 16.5. The molecule has 1 aromatic carbocycles. The number of nitrogens with one attached hydrogen (secondary N) is 2. The molecule has 0 saturated carbocycles. The van der Waals surface area contributed by atoms with Gasteiger partial charge in [0.25, 0.3) is 0 Å². The summed E-state index contributed by atoms with van der Waals surface area (Å²) in [5.74, 6) is 0.777. The average molecular weight is 262 g/mol. The molecule has 2 rings (SSSR count). The van der Waals surface area contributed by atoms with Crippen LogP contribution in [0.2, 0.25) is 0 Å². The lowest BCUT2D eigenvalue weighted by Gasteiger charge is -2.25. The molecule has 1 amide bonds. The van der Waals surface area contributed by atoms with E-state index in [0.717, 1.165) is 37.2 Å². The van der Waals surface area contributed by atoms with Crippen LogP contribution in [-0.2, 0) is 4.79 Å². The van der Waals surface area contributed by atoms with E-state index in [9.17, 15) is 4.79 Å². The zero-order valence-electron chi connectivity index (χ0n) is 11.6. The second-order valence-corrected chi connectivity index (χ2v) is 5.05. The fourth-order valence-electron chi connectivity index (χ4n) is 2.35. The minimum absolute atomic E-state index is 0.0962. The number of carbonyl (C=O) groups is 1. The monoisotopic (exact) mass is 262 g/mol. The number of amides is 1. The van der Waals surface area contributed by atoms with Crippen molar-refractivity contribution in [2.24, 2.45) is 0 Å². The van der Waals surface area contributed by atoms with Gasteiger partial charge < -0.3 is 15.4 Å². The molecule has 0 radical (unpaired) electrons. The quantitative estimate of drug-likeness (QED) is 0.868. The Balaban J connectivity index is 1.93. The molecule has 0 spiro atoms. The third kappa shape index (κ3) is 3.70. The summed E-state index contributed by atoms with van der Waals surface area (Å²) in [5.41, 5.74) is 1.02. The maximum atomic E-state index is 12.2. The van der Waals surface area contributed by atoms with Crippen LogP contribution in [0.3, 0.4) is 0 Å². The molecule has 0 bridgehead atoms. The standard InChI is InChI=1S/C15H22N2O2/c1-11(12-5-7-14(19-2)8-6-12)15(18)17-13-4-3-9-16-10-13/h5-8,11,13,16H,3-4,9-10H2,1-2H3,(H,17,18)/t11?,13-/m0/s1. The van der Waals surface area contributed by atoms with E-state index in [1.54, 1.807) is 7.11 Å². The minimum atomic E-state index is -0.132. The van der Waals surface area contributed by atoms with Crippen molar-refractivity contribution >= 4 is 5.91 Å². The molecule has 1 aromatic rings. The fraction of sp³-hybridized carbons (Fsp3) is 0.533. The molecule has 4 heteroatoms. The summed E-state index contributed by atoms with van der Waals surface area (Å²) < 4.78 is 5.12. The molecule has 0 aromatic heterocycles. The Bertz CT molecular complexity index is 411. The van der Waals surface area contributed by atoms with Gasteiger partial charge in [-0.15, -0.1) is 0 Å². The van der Waals surface area contributed by atoms with E-state index in [0.29, 0.717) is 0 Å². The summed E-state index contributed by atoms with van der Waals surface area (Å²) in [6.07, 6.45) is 2.19. The van der Waals surface area contributed by atoms with Crippen LogP contribution >= 0.6 is 0 Å². The first-order valence-electron chi connectivity index (χ1n) is 6.85. The van der Waals surface area contributed by atoms with Crippen molar-refractivity contribution in [3.63, 3.8) is 0 Å². The van der Waals surface area contributed by atoms with E-state index < -0.39 is 0 Å². The molecule has 1 fully saturated rings. The molecule has 104 valence electrons. The van der Waals surface area contributed by atoms with Crippen LogP contribution in [0.4, 0.5) is 0 Å². The third-order valence-corrected chi connectivity index (χ3v) is 3.65. The first-order chi connectivity index (χ1) is 9.20. The number of ether oxygens (including phenoxy) is 1. The summed E-state index contributed by atoms with van der Waals surface area (Å²) >= 11 is 0. The number of carbonyl (C=O) groups excluding carboxylic acids is 1. The van der Waals surface area contributed by atoms with Gasteiger partial charge in [0.05, 0.1) is 13.0 Å². The summed E-state index contributed by atoms with van der Waals surface area (Å²) in [6.45, 7) is 3.87. The van der Waals surface area contributed by atoms with Gasteiger partial charge in [0.15, 0.2) is 0 Å². The van der Waals surface area contributed by atoms with E-state index in [4.69, 9.17) is 4.74 Å². The van der Waals surface area contributed by atoms with Crippen LogP contribution in [-0.4, -0.2) is 32.1 Å². The van der Waals surface area contributed by atoms with Gasteiger partial charge >= 0.3 is 0 Å². The van der Waals surface area contributed by atoms with Gasteiger partial charge in [0.1, 0.15) is 5.75 Å². The molecule has 1 aliphatic heterocycles. The Morgan fingerprint density at radius 2 is 2.16 bits per heavy atom. The van der Waals surface area contributed by atoms with Gasteiger partial charge in [-0.2, -0.15) is 0 Å². The van der Waals surface area contributed by atoms with E-state index >= 15 is 0 Å². The molecule has 1 saturated heterocycles. The molecule has 1 heterocycles. The molecule has 1 aliphatic rings. The second-order valence-electron chi connectivity index (χ2n) is 5.05. The number of hydrogen-bond donors (Lipinski definition) is 2. The third-order valence-electron chi connectivity index (χ3n) is 3.65. The Morgan fingerprint density at radius 3 is 2.74 bits per heavy atom. The van der Waals surface area contributed by atoms with Crippen molar-refractivity contribution in [2.45, 2.75) is 31.7 Å². The molecular weight excluding hydrogens is 240 g/mol. The second kappa shape index (κ2) is 6.57. The van der Waals surface area contributed by atoms with Gasteiger partial charge in [-0.3, -0.25) is 4.79 Å². The molecule has 4 nitrogen and oxygen atoms in total. The van der Waals surface area contributed by atoms with Crippen molar-refractivity contribution in [1.82, 2.24) is 10.6 Å². The van der Waals surface area contributed by atoms with Crippen LogP contribution in [0.25, 0.3) is 0 Å². The first kappa shape index (κ1) is 13.9. The van der Waals surface area contributed by atoms with Gasteiger partial charge in [0.2, 0.25) is 5.91 Å². The normalized spacial score (nSPS) is 20.6. The smallest absolute Gasteiger partial charge is 0.227 e. The van der Waals surface area contributed by atoms with Gasteiger partial charge in [-0.25, -0.2) is 0 Å². The number of methoxy groups -OCH3 is 1. The number of rotatable bonds is 4. The highest BCUT2D eigenvalue weighted by molar-refractivity contribution is 5.83. The minimum Gasteiger partial charge on any atom is -0.497 e. The van der Waals surface area contributed by atoms with Crippen LogP contribution < -0.4 is 15.4 Å². The maximum Gasteiger partial charge on any atom is 0.227 e. The Kier molecular flexibility index (Phi) is 4.80. The lowest BCUT2D eigenvalue weighted by Crippen LogP contribution is -2.46. The molecular formula is C15H22N2O2. The first-order valence-corrected chi connectivity index (χ1v) is 6.85. The summed E-state index contributed by atoms with van der Waals surface area (Å²) in [6, 6.07) is 7.94. The summed E-state index contributed by atoms with van der Waals surface area (Å²) in [7, 11) is 1.64. The fourth-order valence-corrected chi connectivity index (χ4v) is 2.35. The van der Waals surface area contributed by atoms with E-state index in [1.165, 1.54) is 0 Å². The van der Waals surface area contributed by atoms with Crippen molar-refractivity contribution in [2.75, 3.05) is 20.2 Å². The van der Waals surface area contributed by atoms with E-state index in [1.807, 2.05) is 31.2 Å². The maximum absolute atomic E-state index is 12.2. The highest BCUT2D eigenvalue weighted by Gasteiger charge is 2.20. The zero-order valence-corrected chi connectivity index (χ0v) is 11.6. The summed E-state index contributed by atoms with van der Waals surface area (Å²) in [5, 5.41) is 6.42. The molecule has 19 heavy (non-hydrogen) atoms. The predicted octanol–water partition coefficient (Wildman–Crippen LogP) is 1.67. The lowest BCUT2D eigenvalue weighted by atomic mass is 9.99. The van der Waals surface area contributed by atoms with Crippen LogP contribution in [0, 0.1) is 0 Å². The summed E-state index contributed by atoms with van der Waals surface area (Å²) in [4.78, 5) is 12.2. The Hall–Kier alpha value is -1.55. The molecule has 0 aliphatic carbocycles. The van der Waals surface area contributed by atoms with Crippen molar-refractivity contribution in [3.05, 3.63) is 29.8 Å². The average Bonchev–Trinajstić information content (AvgIpc) is 2.47. The number of piperidine rings is 1. The van der Waals surface area contributed by atoms with Crippen molar-refractivity contribution < 1.29 is 9.53 Å². The zero-order chi connectivity index (χ0) is 13.7. The van der Waals surface area contributed by atoms with Crippen LogP contribution in [0.15, 0.2) is 24.3 Å². The molecule has 2 atom stereocenters. The van der Waals surface area contributed by atoms with Crippen molar-refractivity contribution in [3.8, 4) is 5.75 Å². The van der Waals surface area contributed by atoms with Gasteiger partial charge in [0, 0.05) is 12.6 Å². The Morgan fingerprint density at radius 1 is 1.42 bits per heavy atom. The van der Waals surface area contributed by atoms with Crippen molar-refractivity contribution in [1.29, 1.82) is 0 Å². The van der Waals surface area contributed by atoms with Crippen LogP contribution in [0.1, 0.15) is 31.2 Å². The predicted molar refractivity (Wildman–Crippen MR) is 75.4 cm³/mol. The topological polar surface area (TPSA) is 50.4 Å². The lowest BCUT2D eigenvalue weighted by molar-refractivity contribution is -0.123. The SMILES string of the molecule is COc1ccc(C(C)C(=O)N[C@H]2CCCNC2)cc1. The number of benzene rings is 1. The van der Waals surface area contributed by atoms with Gasteiger partial charge in [-0.05, 0) is 44.0 Å². The molecule has 1 unspecified atom stereocenters. The van der Waals surface area contributed by atoms with E-state index in [-0.39, 0.29) is 17.9 Å². The number of hydrogen-bond acceptors (Lipinski definition) is 3. The highest BCUT2D eigenvalue weighted by Crippen LogP contribution is 2.19. The van der Waals surface area contributed by atoms with E-state index in [2.05, 4.69) is 10.6 Å². The van der Waals surface area contributed by atoms with Gasteiger partial charge in [-0.1, -0.05) is 12.1 Å². The molecule has 2 N–H and O–H groups in total. The Labute approximate surface area is 114 Å². The largest absolute Gasteiger partial charge is 0.497 e. The van der Waals surface area contributed by atoms with Crippen LogP contribution in [0.5, 0.6) is 5.75 Å².